The van der Waals surface area contributed by atoms with Crippen LogP contribution in [0.5, 0.6) is 0 Å². The quantitative estimate of drug-likeness (QED) is 0.723. The van der Waals surface area contributed by atoms with Crippen LogP contribution in [0, 0.1) is 0 Å². The van der Waals surface area contributed by atoms with Crippen molar-refractivity contribution in [1.29, 1.82) is 0 Å². The van der Waals surface area contributed by atoms with Crippen molar-refractivity contribution in [2.24, 2.45) is 0 Å². The average molecular weight is 205 g/mol. The van der Waals surface area contributed by atoms with E-state index in [-0.39, 0.29) is 6.04 Å². The highest BCUT2D eigenvalue weighted by Gasteiger charge is 2.10. The second-order valence-electron chi connectivity index (χ2n) is 3.81. The third-order valence-corrected chi connectivity index (χ3v) is 2.66. The van der Waals surface area contributed by atoms with E-state index in [1.165, 1.54) is 5.56 Å². The molecule has 0 aliphatic carbocycles. The summed E-state index contributed by atoms with van der Waals surface area (Å²) in [5.74, 6) is 0. The molecular formula is C13H19NO. The topological polar surface area (TPSA) is 29.1 Å². The second-order valence-corrected chi connectivity index (χ2v) is 3.81. The highest BCUT2D eigenvalue weighted by Crippen LogP contribution is 2.13. The Morgan fingerprint density at radius 3 is 2.53 bits per heavy atom. The van der Waals surface area contributed by atoms with Gasteiger partial charge in [0, 0.05) is 18.5 Å². The van der Waals surface area contributed by atoms with Gasteiger partial charge < -0.3 is 10.1 Å². The van der Waals surface area contributed by atoms with Crippen LogP contribution in [0.3, 0.4) is 0 Å². The molecule has 0 spiro atoms. The van der Waals surface area contributed by atoms with E-state index in [2.05, 4.69) is 31.3 Å². The maximum Gasteiger partial charge on any atom is 0.121 e. The lowest BCUT2D eigenvalue weighted by molar-refractivity contribution is -0.108. The summed E-state index contributed by atoms with van der Waals surface area (Å²) < 4.78 is 0. The van der Waals surface area contributed by atoms with Crippen LogP contribution in [0.25, 0.3) is 0 Å². The van der Waals surface area contributed by atoms with Gasteiger partial charge in [-0.3, -0.25) is 0 Å². The maximum atomic E-state index is 10.5. The van der Waals surface area contributed by atoms with Gasteiger partial charge in [-0.25, -0.2) is 0 Å². The van der Waals surface area contributed by atoms with Gasteiger partial charge >= 0.3 is 0 Å². The standard InChI is InChI=1S/C13H19NO/c1-3-13(9-10-15)14-11(2)12-7-5-4-6-8-12/h4-8,10-11,13-14H,3,9H2,1-2H3/t11?,13-/m0/s1. The molecule has 1 rings (SSSR count). The second kappa shape index (κ2) is 6.36. The first-order valence-corrected chi connectivity index (χ1v) is 5.52. The Bertz CT molecular complexity index is 284. The highest BCUT2D eigenvalue weighted by atomic mass is 16.1. The number of carbonyl (C=O) groups is 1. The van der Waals surface area contributed by atoms with E-state index in [9.17, 15) is 4.79 Å². The van der Waals surface area contributed by atoms with E-state index in [1.807, 2.05) is 18.2 Å². The summed E-state index contributed by atoms with van der Waals surface area (Å²) >= 11 is 0. The van der Waals surface area contributed by atoms with Gasteiger partial charge in [0.05, 0.1) is 0 Å². The van der Waals surface area contributed by atoms with Crippen LogP contribution in [-0.2, 0) is 4.79 Å². The smallest absolute Gasteiger partial charge is 0.121 e. The Morgan fingerprint density at radius 2 is 2.00 bits per heavy atom. The number of hydrogen-bond donors (Lipinski definition) is 1. The molecule has 0 radical (unpaired) electrons. The van der Waals surface area contributed by atoms with Gasteiger partial charge in [-0.2, -0.15) is 0 Å². The molecule has 1 aromatic carbocycles. The van der Waals surface area contributed by atoms with Gasteiger partial charge in [-0.15, -0.1) is 0 Å². The molecule has 2 nitrogen and oxygen atoms in total. The van der Waals surface area contributed by atoms with Crippen molar-refractivity contribution in [2.75, 3.05) is 0 Å². The minimum atomic E-state index is 0.290. The van der Waals surface area contributed by atoms with Gasteiger partial charge in [0.15, 0.2) is 0 Å². The van der Waals surface area contributed by atoms with Gasteiger partial charge in [0.2, 0.25) is 0 Å². The van der Waals surface area contributed by atoms with Crippen molar-refractivity contribution >= 4 is 6.29 Å². The molecule has 0 bridgehead atoms. The van der Waals surface area contributed by atoms with Crippen molar-refractivity contribution in [2.45, 2.75) is 38.8 Å². The molecular weight excluding hydrogens is 186 g/mol. The zero-order valence-corrected chi connectivity index (χ0v) is 9.44. The summed E-state index contributed by atoms with van der Waals surface area (Å²) in [5, 5.41) is 3.45. The number of rotatable bonds is 6. The Balaban J connectivity index is 2.54. The molecule has 0 aliphatic rings. The molecule has 1 aromatic rings. The Hall–Kier alpha value is -1.15. The molecule has 0 heterocycles. The van der Waals surface area contributed by atoms with Crippen LogP contribution < -0.4 is 5.32 Å². The van der Waals surface area contributed by atoms with E-state index in [1.54, 1.807) is 0 Å². The summed E-state index contributed by atoms with van der Waals surface area (Å²) in [6.45, 7) is 4.22. The lowest BCUT2D eigenvalue weighted by Crippen LogP contribution is -2.31. The highest BCUT2D eigenvalue weighted by molar-refractivity contribution is 5.50. The first-order chi connectivity index (χ1) is 7.27. The first-order valence-electron chi connectivity index (χ1n) is 5.52. The Labute approximate surface area is 91.7 Å². The Morgan fingerprint density at radius 1 is 1.33 bits per heavy atom. The van der Waals surface area contributed by atoms with E-state index >= 15 is 0 Å². The molecule has 0 saturated heterocycles. The summed E-state index contributed by atoms with van der Waals surface area (Å²) in [6, 6.07) is 10.9. The maximum absolute atomic E-state index is 10.5. The fourth-order valence-electron chi connectivity index (χ4n) is 1.66. The predicted octanol–water partition coefficient (Wildman–Crippen LogP) is 2.70. The van der Waals surface area contributed by atoms with E-state index in [0.717, 1.165) is 12.7 Å². The van der Waals surface area contributed by atoms with Gasteiger partial charge in [-0.05, 0) is 18.9 Å². The number of aldehydes is 1. The minimum absolute atomic E-state index is 0.290. The van der Waals surface area contributed by atoms with E-state index in [4.69, 9.17) is 0 Å². The third kappa shape index (κ3) is 3.84. The van der Waals surface area contributed by atoms with E-state index < -0.39 is 0 Å². The van der Waals surface area contributed by atoms with Gasteiger partial charge in [0.1, 0.15) is 6.29 Å². The molecule has 15 heavy (non-hydrogen) atoms. The van der Waals surface area contributed by atoms with Crippen molar-refractivity contribution in [1.82, 2.24) is 5.32 Å². The number of hydrogen-bond acceptors (Lipinski definition) is 2. The molecule has 0 saturated carbocycles. The summed E-state index contributed by atoms with van der Waals surface area (Å²) in [6.07, 6.45) is 2.56. The zero-order valence-electron chi connectivity index (χ0n) is 9.44. The number of carbonyl (C=O) groups excluding carboxylic acids is 1. The van der Waals surface area contributed by atoms with Crippen LogP contribution in [-0.4, -0.2) is 12.3 Å². The third-order valence-electron chi connectivity index (χ3n) is 2.66. The van der Waals surface area contributed by atoms with Crippen molar-refractivity contribution in [3.05, 3.63) is 35.9 Å². The molecule has 82 valence electrons. The van der Waals surface area contributed by atoms with Gasteiger partial charge in [-0.1, -0.05) is 37.3 Å². The largest absolute Gasteiger partial charge is 0.307 e. The first kappa shape index (κ1) is 11.9. The van der Waals surface area contributed by atoms with Crippen LogP contribution in [0.2, 0.25) is 0 Å². The molecule has 1 unspecified atom stereocenters. The van der Waals surface area contributed by atoms with Crippen LogP contribution in [0.1, 0.15) is 38.3 Å². The SMILES string of the molecule is CC[C@@H](CC=O)NC(C)c1ccccc1. The zero-order chi connectivity index (χ0) is 11.1. The molecule has 2 atom stereocenters. The predicted molar refractivity (Wildman–Crippen MR) is 62.8 cm³/mol. The number of nitrogens with one attached hydrogen (secondary N) is 1. The fraction of sp³-hybridized carbons (Fsp3) is 0.462. The molecule has 0 aromatic heterocycles. The van der Waals surface area contributed by atoms with Crippen molar-refractivity contribution in [3.8, 4) is 0 Å². The molecule has 2 heteroatoms. The van der Waals surface area contributed by atoms with E-state index in [0.29, 0.717) is 12.5 Å². The number of benzene rings is 1. The van der Waals surface area contributed by atoms with Crippen LogP contribution in [0.4, 0.5) is 0 Å². The summed E-state index contributed by atoms with van der Waals surface area (Å²) in [5.41, 5.74) is 1.27. The molecule has 0 amide bonds. The van der Waals surface area contributed by atoms with Crippen molar-refractivity contribution < 1.29 is 4.79 Å². The van der Waals surface area contributed by atoms with Crippen molar-refractivity contribution in [3.63, 3.8) is 0 Å². The lowest BCUT2D eigenvalue weighted by Gasteiger charge is -2.20. The Kier molecular flexibility index (Phi) is 5.05. The molecule has 0 aliphatic heterocycles. The molecule has 0 fully saturated rings. The summed E-state index contributed by atoms with van der Waals surface area (Å²) in [7, 11) is 0. The fourth-order valence-corrected chi connectivity index (χ4v) is 1.66. The lowest BCUT2D eigenvalue weighted by atomic mass is 10.1. The van der Waals surface area contributed by atoms with Crippen LogP contribution in [0.15, 0.2) is 30.3 Å². The normalized spacial score (nSPS) is 14.5. The summed E-state index contributed by atoms with van der Waals surface area (Å²) in [4.78, 5) is 10.5. The van der Waals surface area contributed by atoms with Gasteiger partial charge in [0.25, 0.3) is 0 Å². The average Bonchev–Trinajstić information content (AvgIpc) is 2.29. The minimum Gasteiger partial charge on any atom is -0.307 e. The van der Waals surface area contributed by atoms with Crippen LogP contribution >= 0.6 is 0 Å². The molecule has 1 N–H and O–H groups in total. The monoisotopic (exact) mass is 205 g/mol.